The zero-order valence-corrected chi connectivity index (χ0v) is 14.1. The SMILES string of the molecule is CC(C)(C)OC(=O)Nc1ccc(NC2CN3CCC2CC3)cn1. The number of aromatic nitrogens is 1. The Kier molecular flexibility index (Phi) is 4.43. The van der Waals surface area contributed by atoms with Gasteiger partial charge in [0.15, 0.2) is 0 Å². The van der Waals surface area contributed by atoms with E-state index in [4.69, 9.17) is 4.74 Å². The van der Waals surface area contributed by atoms with Crippen molar-refractivity contribution in [2.45, 2.75) is 45.3 Å². The van der Waals surface area contributed by atoms with Crippen LogP contribution in [0.4, 0.5) is 16.3 Å². The minimum absolute atomic E-state index is 0.483. The summed E-state index contributed by atoms with van der Waals surface area (Å²) < 4.78 is 5.22. The molecule has 1 aromatic heterocycles. The first-order valence-electron chi connectivity index (χ1n) is 8.34. The quantitative estimate of drug-likeness (QED) is 0.897. The summed E-state index contributed by atoms with van der Waals surface area (Å²) in [4.78, 5) is 18.5. The van der Waals surface area contributed by atoms with Crippen LogP contribution >= 0.6 is 0 Å². The summed E-state index contributed by atoms with van der Waals surface area (Å²) in [5.74, 6) is 1.26. The molecule has 2 N–H and O–H groups in total. The molecule has 0 spiro atoms. The average molecular weight is 318 g/mol. The maximum absolute atomic E-state index is 11.7. The zero-order valence-electron chi connectivity index (χ0n) is 14.1. The van der Waals surface area contributed by atoms with Crippen LogP contribution in [0.5, 0.6) is 0 Å². The molecule has 1 amide bonds. The van der Waals surface area contributed by atoms with Gasteiger partial charge < -0.3 is 15.0 Å². The lowest BCUT2D eigenvalue weighted by Crippen LogP contribution is -2.53. The molecule has 4 rings (SSSR count). The number of carbonyl (C=O) groups is 1. The van der Waals surface area contributed by atoms with E-state index in [0.717, 1.165) is 18.2 Å². The highest BCUT2D eigenvalue weighted by molar-refractivity contribution is 5.83. The Balaban J connectivity index is 1.54. The second kappa shape index (κ2) is 6.35. The highest BCUT2D eigenvalue weighted by atomic mass is 16.6. The molecule has 6 nitrogen and oxygen atoms in total. The Hall–Kier alpha value is -1.82. The van der Waals surface area contributed by atoms with Gasteiger partial charge in [0.2, 0.25) is 0 Å². The zero-order chi connectivity index (χ0) is 16.4. The van der Waals surface area contributed by atoms with E-state index in [2.05, 4.69) is 20.5 Å². The van der Waals surface area contributed by atoms with Crippen LogP contribution in [0.2, 0.25) is 0 Å². The van der Waals surface area contributed by atoms with Crippen molar-refractivity contribution in [2.75, 3.05) is 30.3 Å². The minimum Gasteiger partial charge on any atom is -0.444 e. The summed E-state index contributed by atoms with van der Waals surface area (Å²) in [6, 6.07) is 4.26. The number of fused-ring (bicyclic) bond motifs is 3. The highest BCUT2D eigenvalue weighted by Gasteiger charge is 2.33. The van der Waals surface area contributed by atoms with Gasteiger partial charge in [-0.05, 0) is 64.8 Å². The average Bonchev–Trinajstić information content (AvgIpc) is 2.48. The van der Waals surface area contributed by atoms with Gasteiger partial charge in [0.05, 0.1) is 11.9 Å². The number of amides is 1. The molecular weight excluding hydrogens is 292 g/mol. The van der Waals surface area contributed by atoms with Crippen molar-refractivity contribution in [3.8, 4) is 0 Å². The summed E-state index contributed by atoms with van der Waals surface area (Å²) in [6.45, 7) is 9.09. The van der Waals surface area contributed by atoms with E-state index in [-0.39, 0.29) is 0 Å². The molecule has 6 heteroatoms. The predicted molar refractivity (Wildman–Crippen MR) is 90.7 cm³/mol. The van der Waals surface area contributed by atoms with Gasteiger partial charge in [-0.2, -0.15) is 0 Å². The molecule has 3 fully saturated rings. The Morgan fingerprint density at radius 2 is 2.04 bits per heavy atom. The molecule has 4 heterocycles. The third-order valence-electron chi connectivity index (χ3n) is 4.40. The van der Waals surface area contributed by atoms with Crippen LogP contribution in [-0.2, 0) is 4.74 Å². The number of carbonyl (C=O) groups excluding carboxylic acids is 1. The molecule has 23 heavy (non-hydrogen) atoms. The van der Waals surface area contributed by atoms with E-state index in [1.54, 1.807) is 12.3 Å². The fraction of sp³-hybridized carbons (Fsp3) is 0.647. The summed E-state index contributed by atoms with van der Waals surface area (Å²) in [5.41, 5.74) is 0.486. The molecule has 0 saturated carbocycles. The Morgan fingerprint density at radius 1 is 1.30 bits per heavy atom. The smallest absolute Gasteiger partial charge is 0.413 e. The number of hydrogen-bond donors (Lipinski definition) is 2. The van der Waals surface area contributed by atoms with Crippen LogP contribution in [0.3, 0.4) is 0 Å². The predicted octanol–water partition coefficient (Wildman–Crippen LogP) is 2.93. The lowest BCUT2D eigenvalue weighted by Gasteiger charge is -2.45. The largest absolute Gasteiger partial charge is 0.444 e. The van der Waals surface area contributed by atoms with Crippen LogP contribution in [0.15, 0.2) is 18.3 Å². The fourth-order valence-electron chi connectivity index (χ4n) is 3.30. The van der Waals surface area contributed by atoms with E-state index in [9.17, 15) is 4.79 Å². The molecule has 0 radical (unpaired) electrons. The molecule has 126 valence electrons. The number of nitrogens with one attached hydrogen (secondary N) is 2. The molecular formula is C17H26N4O2. The van der Waals surface area contributed by atoms with Crippen LogP contribution in [-0.4, -0.2) is 47.3 Å². The number of pyridine rings is 1. The highest BCUT2D eigenvalue weighted by Crippen LogP contribution is 2.29. The Bertz CT molecular complexity index is 545. The molecule has 3 saturated heterocycles. The van der Waals surface area contributed by atoms with Crippen molar-refractivity contribution in [3.63, 3.8) is 0 Å². The third kappa shape index (κ3) is 4.34. The van der Waals surface area contributed by atoms with E-state index >= 15 is 0 Å². The first kappa shape index (κ1) is 16.1. The summed E-state index contributed by atoms with van der Waals surface area (Å²) >= 11 is 0. The van der Waals surface area contributed by atoms with Crippen molar-refractivity contribution >= 4 is 17.6 Å². The van der Waals surface area contributed by atoms with Crippen LogP contribution < -0.4 is 10.6 Å². The first-order chi connectivity index (χ1) is 10.9. The summed E-state index contributed by atoms with van der Waals surface area (Å²) in [5, 5.41) is 6.23. The van der Waals surface area contributed by atoms with Gasteiger partial charge in [-0.25, -0.2) is 9.78 Å². The monoisotopic (exact) mass is 318 g/mol. The van der Waals surface area contributed by atoms with Gasteiger partial charge in [0, 0.05) is 12.6 Å². The third-order valence-corrected chi connectivity index (χ3v) is 4.40. The minimum atomic E-state index is -0.513. The standard InChI is InChI=1S/C17H26N4O2/c1-17(2,3)23-16(22)20-15-5-4-13(10-18-15)19-14-11-21-8-6-12(14)7-9-21/h4-5,10,12,14,19H,6-9,11H2,1-3H3,(H,18,20,22). The van der Waals surface area contributed by atoms with Crippen LogP contribution in [0.25, 0.3) is 0 Å². The van der Waals surface area contributed by atoms with Crippen molar-refractivity contribution in [2.24, 2.45) is 5.92 Å². The fourth-order valence-corrected chi connectivity index (χ4v) is 3.30. The number of nitrogens with zero attached hydrogens (tertiary/aromatic N) is 2. The van der Waals surface area contributed by atoms with Gasteiger partial charge in [0.1, 0.15) is 11.4 Å². The second-order valence-corrected chi connectivity index (χ2v) is 7.45. The normalized spacial score (nSPS) is 26.7. The van der Waals surface area contributed by atoms with Gasteiger partial charge in [-0.3, -0.25) is 5.32 Å². The number of hydrogen-bond acceptors (Lipinski definition) is 5. The number of anilines is 2. The second-order valence-electron chi connectivity index (χ2n) is 7.45. The topological polar surface area (TPSA) is 66.5 Å². The lowest BCUT2D eigenvalue weighted by atomic mass is 9.84. The first-order valence-corrected chi connectivity index (χ1v) is 8.34. The molecule has 1 aromatic rings. The number of ether oxygens (including phenoxy) is 1. The molecule has 1 atom stereocenters. The lowest BCUT2D eigenvalue weighted by molar-refractivity contribution is 0.0635. The van der Waals surface area contributed by atoms with Crippen molar-refractivity contribution in [3.05, 3.63) is 18.3 Å². The van der Waals surface area contributed by atoms with Gasteiger partial charge >= 0.3 is 6.09 Å². The van der Waals surface area contributed by atoms with Crippen molar-refractivity contribution < 1.29 is 9.53 Å². The molecule has 0 aliphatic carbocycles. The number of rotatable bonds is 3. The van der Waals surface area contributed by atoms with Gasteiger partial charge in [-0.1, -0.05) is 0 Å². The maximum Gasteiger partial charge on any atom is 0.413 e. The molecule has 0 aromatic carbocycles. The van der Waals surface area contributed by atoms with Crippen molar-refractivity contribution in [1.29, 1.82) is 0 Å². The Labute approximate surface area is 137 Å². The van der Waals surface area contributed by atoms with Gasteiger partial charge in [-0.15, -0.1) is 0 Å². The maximum atomic E-state index is 11.7. The van der Waals surface area contributed by atoms with Gasteiger partial charge in [0.25, 0.3) is 0 Å². The van der Waals surface area contributed by atoms with E-state index in [1.807, 2.05) is 26.8 Å². The summed E-state index contributed by atoms with van der Waals surface area (Å²) in [6.07, 6.45) is 3.85. The summed E-state index contributed by atoms with van der Waals surface area (Å²) in [7, 11) is 0. The Morgan fingerprint density at radius 3 is 2.57 bits per heavy atom. The van der Waals surface area contributed by atoms with E-state index in [1.165, 1.54) is 25.9 Å². The molecule has 2 bridgehead atoms. The molecule has 3 aliphatic rings. The molecule has 3 aliphatic heterocycles. The van der Waals surface area contributed by atoms with Crippen molar-refractivity contribution in [1.82, 2.24) is 9.88 Å². The number of piperidine rings is 3. The van der Waals surface area contributed by atoms with Crippen LogP contribution in [0.1, 0.15) is 33.6 Å². The van der Waals surface area contributed by atoms with E-state index in [0.29, 0.717) is 11.9 Å². The van der Waals surface area contributed by atoms with E-state index < -0.39 is 11.7 Å². The molecule has 1 unspecified atom stereocenters. The van der Waals surface area contributed by atoms with Crippen LogP contribution in [0, 0.1) is 5.92 Å².